The molecular formula is C12H14N2O2. The van der Waals surface area contributed by atoms with E-state index in [9.17, 15) is 0 Å². The van der Waals surface area contributed by atoms with Gasteiger partial charge < -0.3 is 15.2 Å². The Bertz CT molecular complexity index is 512. The number of nitrogen functional groups attached to an aromatic ring is 1. The van der Waals surface area contributed by atoms with Crippen LogP contribution >= 0.6 is 0 Å². The fraction of sp³-hybridized carbons (Fsp3) is 0.250. The predicted octanol–water partition coefficient (Wildman–Crippen LogP) is 1.97. The van der Waals surface area contributed by atoms with Crippen LogP contribution in [-0.2, 0) is 11.3 Å². The minimum absolute atomic E-state index is 0.464. The maximum atomic E-state index is 5.96. The Morgan fingerprint density at radius 3 is 2.75 bits per heavy atom. The van der Waals surface area contributed by atoms with E-state index in [0.29, 0.717) is 12.3 Å². The van der Waals surface area contributed by atoms with Gasteiger partial charge in [-0.05, 0) is 24.3 Å². The molecule has 0 radical (unpaired) electrons. The highest BCUT2D eigenvalue weighted by Crippen LogP contribution is 2.25. The van der Waals surface area contributed by atoms with Gasteiger partial charge in [-0.1, -0.05) is 0 Å². The number of hydrogen-bond donors (Lipinski definition) is 1. The van der Waals surface area contributed by atoms with E-state index in [1.807, 2.05) is 24.3 Å². The lowest BCUT2D eigenvalue weighted by molar-refractivity contribution is 0.182. The van der Waals surface area contributed by atoms with Crippen LogP contribution in [0.25, 0.3) is 10.9 Å². The first-order valence-electron chi connectivity index (χ1n) is 4.96. The van der Waals surface area contributed by atoms with Gasteiger partial charge in [-0.15, -0.1) is 0 Å². The van der Waals surface area contributed by atoms with Crippen LogP contribution in [0, 0.1) is 0 Å². The summed E-state index contributed by atoms with van der Waals surface area (Å²) < 4.78 is 10.2. The highest BCUT2D eigenvalue weighted by molar-refractivity contribution is 5.91. The third kappa shape index (κ3) is 1.92. The van der Waals surface area contributed by atoms with Crippen molar-refractivity contribution in [2.45, 2.75) is 6.61 Å². The molecule has 4 heteroatoms. The van der Waals surface area contributed by atoms with E-state index < -0.39 is 0 Å². The summed E-state index contributed by atoms with van der Waals surface area (Å²) in [4.78, 5) is 4.44. The first-order chi connectivity index (χ1) is 7.74. The van der Waals surface area contributed by atoms with Crippen LogP contribution in [0.5, 0.6) is 5.75 Å². The Hall–Kier alpha value is -1.81. The van der Waals surface area contributed by atoms with E-state index in [-0.39, 0.29) is 0 Å². The standard InChI is InChI=1S/C12H14N2O2/c1-15-7-8-5-11(13)10-6-9(16-2)3-4-12(10)14-8/h3-6H,7H2,1-2H3,(H2,13,14). The molecule has 2 N–H and O–H groups in total. The molecule has 0 aliphatic heterocycles. The lowest BCUT2D eigenvalue weighted by Crippen LogP contribution is -1.97. The minimum Gasteiger partial charge on any atom is -0.497 e. The number of hydrogen-bond acceptors (Lipinski definition) is 4. The highest BCUT2D eigenvalue weighted by Gasteiger charge is 2.04. The molecule has 0 amide bonds. The summed E-state index contributed by atoms with van der Waals surface area (Å²) in [6, 6.07) is 7.47. The van der Waals surface area contributed by atoms with Gasteiger partial charge in [0.25, 0.3) is 0 Å². The molecule has 84 valence electrons. The summed E-state index contributed by atoms with van der Waals surface area (Å²) in [5.74, 6) is 0.778. The number of pyridine rings is 1. The number of fused-ring (bicyclic) bond motifs is 1. The second kappa shape index (κ2) is 4.37. The van der Waals surface area contributed by atoms with Crippen molar-refractivity contribution in [1.82, 2.24) is 4.98 Å². The summed E-state index contributed by atoms with van der Waals surface area (Å²) in [5.41, 5.74) is 8.34. The molecule has 0 saturated heterocycles. The zero-order chi connectivity index (χ0) is 11.5. The molecule has 2 aromatic rings. The summed E-state index contributed by atoms with van der Waals surface area (Å²) in [6.07, 6.45) is 0. The topological polar surface area (TPSA) is 57.4 Å². The molecular weight excluding hydrogens is 204 g/mol. The molecule has 0 unspecified atom stereocenters. The van der Waals surface area contributed by atoms with Crippen LogP contribution in [0.15, 0.2) is 24.3 Å². The monoisotopic (exact) mass is 218 g/mol. The van der Waals surface area contributed by atoms with Gasteiger partial charge in [0.15, 0.2) is 0 Å². The van der Waals surface area contributed by atoms with Crippen molar-refractivity contribution >= 4 is 16.6 Å². The highest BCUT2D eigenvalue weighted by atomic mass is 16.5. The molecule has 0 atom stereocenters. The van der Waals surface area contributed by atoms with Gasteiger partial charge in [0.1, 0.15) is 5.75 Å². The number of rotatable bonds is 3. The van der Waals surface area contributed by atoms with Crippen LogP contribution in [0.3, 0.4) is 0 Å². The maximum Gasteiger partial charge on any atom is 0.119 e. The van der Waals surface area contributed by atoms with Crippen LogP contribution in [0.1, 0.15) is 5.69 Å². The predicted molar refractivity (Wildman–Crippen MR) is 63.4 cm³/mol. The number of aromatic nitrogens is 1. The van der Waals surface area contributed by atoms with Gasteiger partial charge in [0.2, 0.25) is 0 Å². The van der Waals surface area contributed by atoms with Crippen molar-refractivity contribution in [3.05, 3.63) is 30.0 Å². The summed E-state index contributed by atoms with van der Waals surface area (Å²) >= 11 is 0. The number of benzene rings is 1. The first kappa shape index (κ1) is 10.7. The Morgan fingerprint density at radius 1 is 1.25 bits per heavy atom. The third-order valence-corrected chi connectivity index (χ3v) is 2.39. The lowest BCUT2D eigenvalue weighted by Gasteiger charge is -2.07. The number of nitrogens with zero attached hydrogens (tertiary/aromatic N) is 1. The van der Waals surface area contributed by atoms with Crippen molar-refractivity contribution in [2.75, 3.05) is 20.0 Å². The molecule has 0 spiro atoms. The van der Waals surface area contributed by atoms with E-state index >= 15 is 0 Å². The average molecular weight is 218 g/mol. The fourth-order valence-corrected chi connectivity index (χ4v) is 1.64. The smallest absolute Gasteiger partial charge is 0.119 e. The van der Waals surface area contributed by atoms with Crippen LogP contribution < -0.4 is 10.5 Å². The SMILES string of the molecule is COCc1cc(N)c2cc(OC)ccc2n1. The number of ether oxygens (including phenoxy) is 2. The van der Waals surface area contributed by atoms with Crippen LogP contribution in [0.4, 0.5) is 5.69 Å². The van der Waals surface area contributed by atoms with Crippen molar-refractivity contribution < 1.29 is 9.47 Å². The molecule has 0 aliphatic rings. The fourth-order valence-electron chi connectivity index (χ4n) is 1.64. The molecule has 1 aromatic heterocycles. The van der Waals surface area contributed by atoms with E-state index in [1.165, 1.54) is 0 Å². The average Bonchev–Trinajstić information content (AvgIpc) is 2.29. The van der Waals surface area contributed by atoms with E-state index in [4.69, 9.17) is 15.2 Å². The number of methoxy groups -OCH3 is 2. The first-order valence-corrected chi connectivity index (χ1v) is 4.96. The number of nitrogens with two attached hydrogens (primary N) is 1. The van der Waals surface area contributed by atoms with Gasteiger partial charge in [-0.2, -0.15) is 0 Å². The molecule has 2 rings (SSSR count). The maximum absolute atomic E-state index is 5.96. The molecule has 1 aromatic carbocycles. The lowest BCUT2D eigenvalue weighted by atomic mass is 10.1. The minimum atomic E-state index is 0.464. The normalized spacial score (nSPS) is 10.6. The van der Waals surface area contributed by atoms with E-state index in [0.717, 1.165) is 22.3 Å². The quantitative estimate of drug-likeness (QED) is 0.855. The molecule has 0 bridgehead atoms. The second-order valence-electron chi connectivity index (χ2n) is 3.52. The van der Waals surface area contributed by atoms with Gasteiger partial charge in [-0.25, -0.2) is 0 Å². The van der Waals surface area contributed by atoms with Crippen LogP contribution in [0.2, 0.25) is 0 Å². The molecule has 16 heavy (non-hydrogen) atoms. The zero-order valence-corrected chi connectivity index (χ0v) is 9.36. The van der Waals surface area contributed by atoms with Crippen molar-refractivity contribution in [3.8, 4) is 5.75 Å². The second-order valence-corrected chi connectivity index (χ2v) is 3.52. The van der Waals surface area contributed by atoms with Gasteiger partial charge >= 0.3 is 0 Å². The van der Waals surface area contributed by atoms with Crippen molar-refractivity contribution in [1.29, 1.82) is 0 Å². The molecule has 0 saturated carbocycles. The third-order valence-electron chi connectivity index (χ3n) is 2.39. The van der Waals surface area contributed by atoms with E-state index in [2.05, 4.69) is 4.98 Å². The van der Waals surface area contributed by atoms with Crippen molar-refractivity contribution in [2.24, 2.45) is 0 Å². The van der Waals surface area contributed by atoms with Crippen LogP contribution in [-0.4, -0.2) is 19.2 Å². The molecule has 4 nitrogen and oxygen atoms in total. The van der Waals surface area contributed by atoms with Gasteiger partial charge in [-0.3, -0.25) is 4.98 Å². The molecule has 1 heterocycles. The van der Waals surface area contributed by atoms with E-state index in [1.54, 1.807) is 14.2 Å². The number of anilines is 1. The van der Waals surface area contributed by atoms with Gasteiger partial charge in [0, 0.05) is 18.2 Å². The molecule has 0 fully saturated rings. The Labute approximate surface area is 94.0 Å². The summed E-state index contributed by atoms with van der Waals surface area (Å²) in [7, 11) is 3.26. The van der Waals surface area contributed by atoms with Crippen molar-refractivity contribution in [3.63, 3.8) is 0 Å². The summed E-state index contributed by atoms with van der Waals surface area (Å²) in [5, 5.41) is 0.902. The Morgan fingerprint density at radius 2 is 2.06 bits per heavy atom. The molecule has 0 aliphatic carbocycles. The Balaban J connectivity index is 2.57. The van der Waals surface area contributed by atoms with Gasteiger partial charge in [0.05, 0.1) is 24.9 Å². The largest absolute Gasteiger partial charge is 0.497 e. The zero-order valence-electron chi connectivity index (χ0n) is 9.36. The summed E-state index contributed by atoms with van der Waals surface area (Å²) in [6.45, 7) is 0.464. The Kier molecular flexibility index (Phi) is 2.92.